The Morgan fingerprint density at radius 2 is 1.59 bits per heavy atom. The highest BCUT2D eigenvalue weighted by Crippen LogP contribution is 2.60. The van der Waals surface area contributed by atoms with Crippen molar-refractivity contribution in [3.05, 3.63) is 75.6 Å². The minimum atomic E-state index is -0.921. The Bertz CT molecular complexity index is 1190. The lowest BCUT2D eigenvalue weighted by Crippen LogP contribution is -2.50. The number of alkyl halides is 2. The molecule has 1 heterocycles. The molecule has 0 radical (unpaired) electrons. The van der Waals surface area contributed by atoms with Crippen molar-refractivity contribution in [1.82, 2.24) is 10.0 Å². The summed E-state index contributed by atoms with van der Waals surface area (Å²) in [5.41, 5.74) is -0.681. The Kier molecular flexibility index (Phi) is 5.79. The van der Waals surface area contributed by atoms with Crippen molar-refractivity contribution >= 4 is 55.3 Å². The predicted octanol–water partition coefficient (Wildman–Crippen LogP) is 4.07. The number of fused-ring (bicyclic) bond motifs is 5. The molecule has 6 atom stereocenters. The van der Waals surface area contributed by atoms with Crippen molar-refractivity contribution in [2.75, 3.05) is 0 Å². The van der Waals surface area contributed by atoms with Crippen molar-refractivity contribution in [3.8, 4) is 0 Å². The van der Waals surface area contributed by atoms with Gasteiger partial charge in [0.2, 0.25) is 0 Å². The van der Waals surface area contributed by atoms with Crippen molar-refractivity contribution in [1.29, 1.82) is 0 Å². The lowest BCUT2D eigenvalue weighted by molar-refractivity contribution is -0.385. The van der Waals surface area contributed by atoms with Gasteiger partial charge in [0.05, 0.1) is 23.3 Å². The van der Waals surface area contributed by atoms with Crippen molar-refractivity contribution < 1.29 is 23.7 Å². The second-order valence-electron chi connectivity index (χ2n) is 8.72. The van der Waals surface area contributed by atoms with Crippen LogP contribution in [0.25, 0.3) is 0 Å². The molecule has 0 N–H and O–H groups in total. The summed E-state index contributed by atoms with van der Waals surface area (Å²) in [5, 5.41) is 13.2. The molecule has 0 unspecified atom stereocenters. The molecule has 2 bridgehead atoms. The highest BCUT2D eigenvalue weighted by atomic mass is 79.9. The third-order valence-electron chi connectivity index (χ3n) is 7.05. The van der Waals surface area contributed by atoms with Gasteiger partial charge >= 0.3 is 0 Å². The molecule has 0 aromatic heterocycles. The van der Waals surface area contributed by atoms with Gasteiger partial charge in [-0.2, -0.15) is 5.01 Å². The molecule has 2 aromatic carbocycles. The third kappa shape index (κ3) is 3.39. The smallest absolute Gasteiger partial charge is 0.272 e. The molecular weight excluding hydrogens is 577 g/mol. The van der Waals surface area contributed by atoms with Crippen LogP contribution in [-0.2, 0) is 16.1 Å². The lowest BCUT2D eigenvalue weighted by atomic mass is 9.81. The number of imide groups is 1. The maximum atomic E-state index is 14.5. The minimum Gasteiger partial charge on any atom is -0.272 e. The first-order valence-corrected chi connectivity index (χ1v) is 12.5. The van der Waals surface area contributed by atoms with Gasteiger partial charge < -0.3 is 0 Å². The summed E-state index contributed by atoms with van der Waals surface area (Å²) in [5.74, 6) is -3.98. The van der Waals surface area contributed by atoms with E-state index in [9.17, 15) is 28.9 Å². The standard InChI is InChI=1S/C23H18Br2FN3O5/c24-19-13-9-14(20(19)25)18-17(13)22(31)28(23(18)32)27(10-11-5-1-3-7-15(11)26)21(30)12-6-2-4-8-16(12)29(33)34/h1-8,13-14,17-20H,9-10H2/t13-,14-,17-,18-,19-,20+/m1/s1. The number of carbonyl (C=O) groups is 3. The van der Waals surface area contributed by atoms with Crippen LogP contribution in [-0.4, -0.2) is 42.3 Å². The van der Waals surface area contributed by atoms with Crippen molar-refractivity contribution in [2.45, 2.75) is 22.6 Å². The van der Waals surface area contributed by atoms with Gasteiger partial charge in [0.25, 0.3) is 23.4 Å². The molecule has 11 heteroatoms. The van der Waals surface area contributed by atoms with Gasteiger partial charge in [0.1, 0.15) is 11.4 Å². The number of hydrazine groups is 1. The molecular formula is C23H18Br2FN3O5. The van der Waals surface area contributed by atoms with Gasteiger partial charge in [-0.15, -0.1) is 0 Å². The van der Waals surface area contributed by atoms with Gasteiger partial charge in [0, 0.05) is 21.3 Å². The fraction of sp³-hybridized carbons (Fsp3) is 0.348. The summed E-state index contributed by atoms with van der Waals surface area (Å²) < 4.78 is 14.5. The SMILES string of the molecule is O=C(c1ccccc1[N+](=O)[O-])N(Cc1ccccc1F)N1C(=O)[C@@H]2[C@H]3C[C@@H]([C@@H](Br)[C@H]3Br)[C@H]2C1=O. The Balaban J connectivity index is 1.58. The van der Waals surface area contributed by atoms with Crippen molar-refractivity contribution in [3.63, 3.8) is 0 Å². The Labute approximate surface area is 210 Å². The van der Waals surface area contributed by atoms with E-state index in [1.165, 1.54) is 42.5 Å². The summed E-state index contributed by atoms with van der Waals surface area (Å²) in [7, 11) is 0. The van der Waals surface area contributed by atoms with Crippen molar-refractivity contribution in [2.24, 2.45) is 23.7 Å². The van der Waals surface area contributed by atoms with Gasteiger partial charge in [-0.3, -0.25) is 24.5 Å². The minimum absolute atomic E-state index is 0.00128. The lowest BCUT2D eigenvalue weighted by Gasteiger charge is -2.31. The number of para-hydroxylation sites is 1. The average Bonchev–Trinajstić information content (AvgIpc) is 3.43. The van der Waals surface area contributed by atoms with E-state index in [2.05, 4.69) is 31.9 Å². The molecule has 5 rings (SSSR count). The van der Waals surface area contributed by atoms with E-state index >= 15 is 0 Å². The predicted molar refractivity (Wildman–Crippen MR) is 125 cm³/mol. The fourth-order valence-corrected chi connectivity index (χ4v) is 7.42. The number of nitro benzene ring substituents is 1. The van der Waals surface area contributed by atoms with Gasteiger partial charge in [-0.1, -0.05) is 62.2 Å². The second-order valence-corrected chi connectivity index (χ2v) is 10.8. The van der Waals surface area contributed by atoms with Crippen LogP contribution >= 0.6 is 31.9 Å². The number of hydrogen-bond donors (Lipinski definition) is 0. The van der Waals surface area contributed by atoms with Gasteiger partial charge in [-0.05, 0) is 30.4 Å². The molecule has 3 aliphatic rings. The first-order valence-electron chi connectivity index (χ1n) is 10.7. The Morgan fingerprint density at radius 3 is 2.18 bits per heavy atom. The summed E-state index contributed by atoms with van der Waals surface area (Å²) >= 11 is 7.24. The van der Waals surface area contributed by atoms with E-state index in [1.807, 2.05) is 0 Å². The van der Waals surface area contributed by atoms with Crippen LogP contribution in [0, 0.1) is 39.6 Å². The summed E-state index contributed by atoms with van der Waals surface area (Å²) in [6, 6.07) is 11.0. The molecule has 3 amide bonds. The molecule has 176 valence electrons. The molecule has 0 spiro atoms. The van der Waals surface area contributed by atoms with E-state index in [-0.39, 0.29) is 32.6 Å². The normalized spacial score (nSPS) is 29.4. The first kappa shape index (κ1) is 23.1. The first-order chi connectivity index (χ1) is 16.2. The maximum absolute atomic E-state index is 14.5. The van der Waals surface area contributed by atoms with E-state index < -0.39 is 52.5 Å². The summed E-state index contributed by atoms with van der Waals surface area (Å²) in [6.45, 7) is -0.431. The van der Waals surface area contributed by atoms with E-state index in [1.54, 1.807) is 6.07 Å². The van der Waals surface area contributed by atoms with Crippen LogP contribution in [0.1, 0.15) is 22.3 Å². The molecule has 8 nitrogen and oxygen atoms in total. The molecule has 2 aromatic rings. The molecule has 2 aliphatic carbocycles. The quantitative estimate of drug-likeness (QED) is 0.225. The Morgan fingerprint density at radius 1 is 1.03 bits per heavy atom. The topological polar surface area (TPSA) is 101 Å². The number of benzene rings is 2. The molecule has 1 saturated heterocycles. The monoisotopic (exact) mass is 593 g/mol. The number of carbonyl (C=O) groups excluding carboxylic acids is 3. The van der Waals surface area contributed by atoms with Gasteiger partial charge in [0.15, 0.2) is 0 Å². The van der Waals surface area contributed by atoms with Crippen LogP contribution < -0.4 is 0 Å². The van der Waals surface area contributed by atoms with E-state index in [0.29, 0.717) is 6.42 Å². The van der Waals surface area contributed by atoms with Gasteiger partial charge in [-0.25, -0.2) is 9.40 Å². The Hall–Kier alpha value is -2.66. The molecule has 1 aliphatic heterocycles. The average molecular weight is 595 g/mol. The number of halogens is 3. The number of amides is 3. The number of rotatable bonds is 5. The largest absolute Gasteiger partial charge is 0.282 e. The van der Waals surface area contributed by atoms with E-state index in [4.69, 9.17) is 0 Å². The summed E-state index contributed by atoms with van der Waals surface area (Å²) in [4.78, 5) is 51.6. The highest BCUT2D eigenvalue weighted by Gasteiger charge is 2.67. The summed E-state index contributed by atoms with van der Waals surface area (Å²) in [6.07, 6.45) is 0.706. The fourth-order valence-electron chi connectivity index (χ4n) is 5.55. The molecule has 34 heavy (non-hydrogen) atoms. The zero-order valence-electron chi connectivity index (χ0n) is 17.5. The number of nitro groups is 1. The zero-order chi connectivity index (χ0) is 24.3. The third-order valence-corrected chi connectivity index (χ3v) is 10.3. The van der Waals surface area contributed by atoms with E-state index in [0.717, 1.165) is 10.0 Å². The van der Waals surface area contributed by atoms with Crippen LogP contribution in [0.5, 0.6) is 0 Å². The second kappa shape index (κ2) is 8.53. The zero-order valence-corrected chi connectivity index (χ0v) is 20.7. The number of hydrogen-bond acceptors (Lipinski definition) is 5. The maximum Gasteiger partial charge on any atom is 0.282 e. The highest BCUT2D eigenvalue weighted by molar-refractivity contribution is 9.12. The van der Waals surface area contributed by atoms with Crippen LogP contribution in [0.2, 0.25) is 0 Å². The molecule has 3 fully saturated rings. The number of nitrogens with zero attached hydrogens (tertiary/aromatic N) is 3. The van der Waals surface area contributed by atoms with Crippen LogP contribution in [0.4, 0.5) is 10.1 Å². The van der Waals surface area contributed by atoms with Crippen LogP contribution in [0.3, 0.4) is 0 Å². The molecule has 2 saturated carbocycles. The van der Waals surface area contributed by atoms with Crippen LogP contribution in [0.15, 0.2) is 48.5 Å².